The van der Waals surface area contributed by atoms with Crippen molar-refractivity contribution in [1.29, 1.82) is 0 Å². The predicted molar refractivity (Wildman–Crippen MR) is 79.2 cm³/mol. The van der Waals surface area contributed by atoms with Gasteiger partial charge in [0.25, 0.3) is 0 Å². The topological polar surface area (TPSA) is 18.5 Å². The van der Waals surface area contributed by atoms with Crippen LogP contribution in [0.25, 0.3) is 0 Å². The Morgan fingerprint density at radius 1 is 0.947 bits per heavy atom. The van der Waals surface area contributed by atoms with Gasteiger partial charge in [-0.25, -0.2) is 0 Å². The molecular weight excluding hydrogens is 236 g/mol. The van der Waals surface area contributed by atoms with Crippen LogP contribution in [-0.2, 0) is 9.47 Å². The summed E-state index contributed by atoms with van der Waals surface area (Å²) in [5.41, 5.74) is 0.359. The second kappa shape index (κ2) is 5.80. The fraction of sp³-hybridized carbons (Fsp3) is 0.765. The summed E-state index contributed by atoms with van der Waals surface area (Å²) in [6.07, 6.45) is 13.3. The van der Waals surface area contributed by atoms with Crippen molar-refractivity contribution in [1.82, 2.24) is 0 Å². The van der Waals surface area contributed by atoms with Crippen LogP contribution in [0.15, 0.2) is 24.3 Å². The van der Waals surface area contributed by atoms with Crippen molar-refractivity contribution < 1.29 is 9.47 Å². The van der Waals surface area contributed by atoms with Crippen LogP contribution in [0.5, 0.6) is 0 Å². The first-order valence-corrected chi connectivity index (χ1v) is 7.54. The average Bonchev–Trinajstić information content (AvgIpc) is 2.34. The average molecular weight is 264 g/mol. The van der Waals surface area contributed by atoms with Gasteiger partial charge in [0, 0.05) is 12.8 Å². The highest BCUT2D eigenvalue weighted by molar-refractivity contribution is 5.05. The van der Waals surface area contributed by atoms with Crippen molar-refractivity contribution in [2.24, 2.45) is 5.41 Å². The third-order valence-corrected chi connectivity index (χ3v) is 4.34. The van der Waals surface area contributed by atoms with Crippen LogP contribution in [0.2, 0.25) is 0 Å². The molecule has 2 aliphatic heterocycles. The van der Waals surface area contributed by atoms with Crippen molar-refractivity contribution in [2.75, 3.05) is 6.61 Å². The standard InChI is InChI=1S/C17H28O2/c1-5-7-14-11-17(12-15(19-14)8-6-2)10-9-16(3,4)13-18-17/h5-8,14-15H,9-13H2,1-4H3/b7-5+,8-6+/t14-,15+,17?. The first-order valence-electron chi connectivity index (χ1n) is 7.54. The van der Waals surface area contributed by atoms with E-state index < -0.39 is 0 Å². The van der Waals surface area contributed by atoms with E-state index in [1.807, 2.05) is 0 Å². The van der Waals surface area contributed by atoms with Crippen molar-refractivity contribution in [3.8, 4) is 0 Å². The van der Waals surface area contributed by atoms with E-state index in [1.54, 1.807) is 0 Å². The molecule has 0 N–H and O–H groups in total. The SMILES string of the molecule is C/C=C/[C@@H]1CC2(CCC(C)(C)CO2)C[C@H](/C=C/C)O1. The Hall–Kier alpha value is -0.600. The van der Waals surface area contributed by atoms with E-state index in [9.17, 15) is 0 Å². The third-order valence-electron chi connectivity index (χ3n) is 4.34. The van der Waals surface area contributed by atoms with E-state index in [0.29, 0.717) is 5.41 Å². The maximum Gasteiger partial charge on any atom is 0.0791 e. The zero-order valence-corrected chi connectivity index (χ0v) is 12.8. The van der Waals surface area contributed by atoms with Crippen LogP contribution in [0.4, 0.5) is 0 Å². The third kappa shape index (κ3) is 3.70. The van der Waals surface area contributed by atoms with Gasteiger partial charge in [0.05, 0.1) is 24.4 Å². The second-order valence-electron chi connectivity index (χ2n) is 6.81. The monoisotopic (exact) mass is 264 g/mol. The minimum Gasteiger partial charge on any atom is -0.374 e. The number of ether oxygens (including phenoxy) is 2. The normalized spacial score (nSPS) is 39.4. The molecule has 0 radical (unpaired) electrons. The molecule has 0 aliphatic carbocycles. The Kier molecular flexibility index (Phi) is 4.52. The summed E-state index contributed by atoms with van der Waals surface area (Å²) < 4.78 is 12.4. The Morgan fingerprint density at radius 2 is 1.53 bits per heavy atom. The molecule has 108 valence electrons. The molecule has 0 aromatic rings. The summed E-state index contributed by atoms with van der Waals surface area (Å²) in [6.45, 7) is 9.58. The first-order chi connectivity index (χ1) is 8.99. The molecule has 0 saturated carbocycles. The lowest BCUT2D eigenvalue weighted by Gasteiger charge is -2.49. The molecule has 0 amide bonds. The molecule has 0 aromatic heterocycles. The lowest BCUT2D eigenvalue weighted by atomic mass is 9.75. The smallest absolute Gasteiger partial charge is 0.0791 e. The molecule has 0 bridgehead atoms. The Morgan fingerprint density at radius 3 is 1.95 bits per heavy atom. The van der Waals surface area contributed by atoms with Crippen LogP contribution in [0.3, 0.4) is 0 Å². The van der Waals surface area contributed by atoms with Gasteiger partial charge >= 0.3 is 0 Å². The highest BCUT2D eigenvalue weighted by atomic mass is 16.5. The van der Waals surface area contributed by atoms with E-state index in [0.717, 1.165) is 25.9 Å². The summed E-state index contributed by atoms with van der Waals surface area (Å²) >= 11 is 0. The fourth-order valence-corrected chi connectivity index (χ4v) is 3.17. The van der Waals surface area contributed by atoms with E-state index in [4.69, 9.17) is 9.47 Å². The summed E-state index contributed by atoms with van der Waals surface area (Å²) in [4.78, 5) is 0. The Labute approximate surface area is 117 Å². The second-order valence-corrected chi connectivity index (χ2v) is 6.81. The summed E-state index contributed by atoms with van der Waals surface area (Å²) in [7, 11) is 0. The van der Waals surface area contributed by atoms with Gasteiger partial charge in [-0.05, 0) is 32.1 Å². The molecule has 2 heteroatoms. The predicted octanol–water partition coefficient (Wildman–Crippen LogP) is 4.26. The van der Waals surface area contributed by atoms with Crippen molar-refractivity contribution in [3.05, 3.63) is 24.3 Å². The quantitative estimate of drug-likeness (QED) is 0.694. The molecular formula is C17H28O2. The van der Waals surface area contributed by atoms with Gasteiger partial charge in [-0.2, -0.15) is 0 Å². The van der Waals surface area contributed by atoms with Crippen LogP contribution in [0, 0.1) is 5.41 Å². The molecule has 0 aromatic carbocycles. The Balaban J connectivity index is 2.10. The number of hydrogen-bond acceptors (Lipinski definition) is 2. The molecule has 2 nitrogen and oxygen atoms in total. The van der Waals surface area contributed by atoms with Gasteiger partial charge in [0.2, 0.25) is 0 Å². The highest BCUT2D eigenvalue weighted by Crippen LogP contribution is 2.44. The molecule has 3 atom stereocenters. The van der Waals surface area contributed by atoms with Crippen LogP contribution < -0.4 is 0 Å². The molecule has 2 aliphatic rings. The first kappa shape index (κ1) is 14.8. The van der Waals surface area contributed by atoms with Gasteiger partial charge in [0.1, 0.15) is 0 Å². The summed E-state index contributed by atoms with van der Waals surface area (Å²) in [6, 6.07) is 0. The minimum atomic E-state index is 0.0299. The zero-order chi connectivity index (χ0) is 13.9. The van der Waals surface area contributed by atoms with E-state index in [-0.39, 0.29) is 17.8 Å². The van der Waals surface area contributed by atoms with Gasteiger partial charge < -0.3 is 9.47 Å². The summed E-state index contributed by atoms with van der Waals surface area (Å²) in [5.74, 6) is 0. The number of hydrogen-bond donors (Lipinski definition) is 0. The molecule has 19 heavy (non-hydrogen) atoms. The largest absolute Gasteiger partial charge is 0.374 e. The number of allylic oxidation sites excluding steroid dienone is 2. The summed E-state index contributed by atoms with van der Waals surface area (Å²) in [5, 5.41) is 0. The van der Waals surface area contributed by atoms with E-state index in [2.05, 4.69) is 52.0 Å². The van der Waals surface area contributed by atoms with Crippen molar-refractivity contribution in [2.45, 2.75) is 71.2 Å². The van der Waals surface area contributed by atoms with E-state index in [1.165, 1.54) is 6.42 Å². The molecule has 2 saturated heterocycles. The van der Waals surface area contributed by atoms with Crippen molar-refractivity contribution in [3.63, 3.8) is 0 Å². The highest BCUT2D eigenvalue weighted by Gasteiger charge is 2.45. The van der Waals surface area contributed by atoms with Gasteiger partial charge in [-0.15, -0.1) is 0 Å². The molecule has 2 rings (SSSR count). The molecule has 2 fully saturated rings. The Bertz CT molecular complexity index is 322. The van der Waals surface area contributed by atoms with Gasteiger partial charge in [-0.3, -0.25) is 0 Å². The molecule has 2 heterocycles. The molecule has 1 spiro atoms. The van der Waals surface area contributed by atoms with E-state index >= 15 is 0 Å². The fourth-order valence-electron chi connectivity index (χ4n) is 3.17. The lowest BCUT2D eigenvalue weighted by molar-refractivity contribution is -0.187. The maximum atomic E-state index is 6.33. The minimum absolute atomic E-state index is 0.0299. The van der Waals surface area contributed by atoms with Gasteiger partial charge in [-0.1, -0.05) is 38.2 Å². The zero-order valence-electron chi connectivity index (χ0n) is 12.8. The number of rotatable bonds is 2. The maximum absolute atomic E-state index is 6.33. The van der Waals surface area contributed by atoms with Gasteiger partial charge in [0.15, 0.2) is 0 Å². The lowest BCUT2D eigenvalue weighted by Crippen LogP contribution is -2.50. The van der Waals surface area contributed by atoms with Crippen molar-refractivity contribution >= 4 is 0 Å². The molecule has 1 unspecified atom stereocenters. The van der Waals surface area contributed by atoms with Crippen LogP contribution >= 0.6 is 0 Å². The van der Waals surface area contributed by atoms with Crippen LogP contribution in [-0.4, -0.2) is 24.4 Å². The van der Waals surface area contributed by atoms with Crippen LogP contribution in [0.1, 0.15) is 53.4 Å².